The molecule has 0 spiro atoms. The standard InChI is InChI=1S/C21H22FN3OS/c1-14-5-4-6-19(15(14)2)25-12-11-23-21(25)27-16(3)20(26)24-13-17-7-9-18(22)10-8-17/h4-12,16H,13H2,1-3H3,(H,24,26). The van der Waals surface area contributed by atoms with Crippen LogP contribution in [0.2, 0.25) is 0 Å². The summed E-state index contributed by atoms with van der Waals surface area (Å²) in [6, 6.07) is 12.3. The summed E-state index contributed by atoms with van der Waals surface area (Å²) in [6.45, 7) is 6.38. The molecule has 0 saturated heterocycles. The van der Waals surface area contributed by atoms with Crippen LogP contribution in [-0.4, -0.2) is 20.7 Å². The van der Waals surface area contributed by atoms with Crippen LogP contribution in [0.3, 0.4) is 0 Å². The summed E-state index contributed by atoms with van der Waals surface area (Å²) in [6.07, 6.45) is 3.65. The number of halogens is 1. The normalized spacial score (nSPS) is 12.0. The van der Waals surface area contributed by atoms with E-state index >= 15 is 0 Å². The quantitative estimate of drug-likeness (QED) is 0.641. The second-order valence-corrected chi connectivity index (χ2v) is 7.71. The molecule has 0 bridgehead atoms. The summed E-state index contributed by atoms with van der Waals surface area (Å²) in [5.41, 5.74) is 4.32. The van der Waals surface area contributed by atoms with Crippen molar-refractivity contribution < 1.29 is 9.18 Å². The number of carbonyl (C=O) groups is 1. The Hall–Kier alpha value is -2.60. The number of aromatic nitrogens is 2. The lowest BCUT2D eigenvalue weighted by Gasteiger charge is -2.15. The largest absolute Gasteiger partial charge is 0.351 e. The average molecular weight is 383 g/mol. The van der Waals surface area contributed by atoms with Crippen molar-refractivity contribution in [2.24, 2.45) is 0 Å². The van der Waals surface area contributed by atoms with E-state index in [1.165, 1.54) is 35.0 Å². The SMILES string of the molecule is Cc1cccc(-n2ccnc2SC(C)C(=O)NCc2ccc(F)cc2)c1C. The third-order valence-electron chi connectivity index (χ3n) is 4.47. The van der Waals surface area contributed by atoms with Crippen molar-refractivity contribution >= 4 is 17.7 Å². The predicted octanol–water partition coefficient (Wildman–Crippen LogP) is 4.43. The highest BCUT2D eigenvalue weighted by molar-refractivity contribution is 8.00. The van der Waals surface area contributed by atoms with Crippen LogP contribution in [-0.2, 0) is 11.3 Å². The van der Waals surface area contributed by atoms with E-state index in [4.69, 9.17) is 0 Å². The molecular formula is C21H22FN3OS. The van der Waals surface area contributed by atoms with Crippen molar-refractivity contribution in [2.45, 2.75) is 37.7 Å². The van der Waals surface area contributed by atoms with Gasteiger partial charge in [-0.05, 0) is 55.7 Å². The van der Waals surface area contributed by atoms with Gasteiger partial charge >= 0.3 is 0 Å². The second kappa shape index (κ2) is 8.39. The Morgan fingerprint density at radius 3 is 2.70 bits per heavy atom. The van der Waals surface area contributed by atoms with Gasteiger partial charge in [0, 0.05) is 18.9 Å². The van der Waals surface area contributed by atoms with Crippen LogP contribution in [0.25, 0.3) is 5.69 Å². The van der Waals surface area contributed by atoms with Gasteiger partial charge in [-0.2, -0.15) is 0 Å². The number of rotatable bonds is 6. The average Bonchev–Trinajstić information content (AvgIpc) is 3.11. The zero-order chi connectivity index (χ0) is 19.4. The Morgan fingerprint density at radius 1 is 1.22 bits per heavy atom. The summed E-state index contributed by atoms with van der Waals surface area (Å²) < 4.78 is 15.0. The van der Waals surface area contributed by atoms with Crippen molar-refractivity contribution in [1.29, 1.82) is 0 Å². The molecule has 140 valence electrons. The smallest absolute Gasteiger partial charge is 0.233 e. The van der Waals surface area contributed by atoms with E-state index in [1.807, 2.05) is 29.8 Å². The Kier molecular flexibility index (Phi) is 5.96. The van der Waals surface area contributed by atoms with Crippen molar-refractivity contribution in [3.05, 3.63) is 77.4 Å². The molecule has 1 amide bonds. The van der Waals surface area contributed by atoms with Gasteiger partial charge in [0.25, 0.3) is 0 Å². The number of carbonyl (C=O) groups excluding carboxylic acids is 1. The van der Waals surface area contributed by atoms with Gasteiger partial charge in [0.15, 0.2) is 5.16 Å². The van der Waals surface area contributed by atoms with Gasteiger partial charge in [-0.15, -0.1) is 0 Å². The van der Waals surface area contributed by atoms with E-state index in [9.17, 15) is 9.18 Å². The molecular weight excluding hydrogens is 361 g/mol. The molecule has 1 heterocycles. The van der Waals surface area contributed by atoms with Crippen molar-refractivity contribution in [3.8, 4) is 5.69 Å². The number of imidazole rings is 1. The zero-order valence-electron chi connectivity index (χ0n) is 15.6. The van der Waals surface area contributed by atoms with Crippen LogP contribution in [0.15, 0.2) is 60.0 Å². The Labute approximate surface area is 162 Å². The van der Waals surface area contributed by atoms with Crippen LogP contribution in [0.1, 0.15) is 23.6 Å². The summed E-state index contributed by atoms with van der Waals surface area (Å²) in [5, 5.41) is 3.35. The number of amides is 1. The number of thioether (sulfide) groups is 1. The Bertz CT molecular complexity index is 937. The number of hydrogen-bond acceptors (Lipinski definition) is 3. The molecule has 0 aliphatic carbocycles. The summed E-state index contributed by atoms with van der Waals surface area (Å²) in [5.74, 6) is -0.368. The Morgan fingerprint density at radius 2 is 1.96 bits per heavy atom. The fourth-order valence-corrected chi connectivity index (χ4v) is 3.60. The molecule has 1 unspecified atom stereocenters. The van der Waals surface area contributed by atoms with E-state index in [1.54, 1.807) is 18.3 Å². The molecule has 0 radical (unpaired) electrons. The minimum Gasteiger partial charge on any atom is -0.351 e. The molecule has 27 heavy (non-hydrogen) atoms. The van der Waals surface area contributed by atoms with Gasteiger partial charge in [-0.3, -0.25) is 9.36 Å². The van der Waals surface area contributed by atoms with Gasteiger partial charge in [-0.25, -0.2) is 9.37 Å². The minimum absolute atomic E-state index is 0.0835. The van der Waals surface area contributed by atoms with Gasteiger partial charge < -0.3 is 5.32 Å². The highest BCUT2D eigenvalue weighted by Crippen LogP contribution is 2.27. The molecule has 4 nitrogen and oxygen atoms in total. The molecule has 1 aromatic heterocycles. The Balaban J connectivity index is 1.67. The van der Waals surface area contributed by atoms with E-state index in [0.717, 1.165) is 16.4 Å². The third-order valence-corrected chi connectivity index (χ3v) is 5.55. The van der Waals surface area contributed by atoms with Crippen molar-refractivity contribution in [1.82, 2.24) is 14.9 Å². The molecule has 0 fully saturated rings. The van der Waals surface area contributed by atoms with Crippen LogP contribution < -0.4 is 5.32 Å². The lowest BCUT2D eigenvalue weighted by atomic mass is 10.1. The highest BCUT2D eigenvalue weighted by Gasteiger charge is 2.18. The van der Waals surface area contributed by atoms with Crippen LogP contribution >= 0.6 is 11.8 Å². The van der Waals surface area contributed by atoms with E-state index in [0.29, 0.717) is 6.54 Å². The molecule has 0 saturated carbocycles. The molecule has 2 aromatic carbocycles. The molecule has 3 rings (SSSR count). The fraction of sp³-hybridized carbons (Fsp3) is 0.238. The van der Waals surface area contributed by atoms with Crippen molar-refractivity contribution in [2.75, 3.05) is 0 Å². The lowest BCUT2D eigenvalue weighted by Crippen LogP contribution is -2.30. The summed E-state index contributed by atoms with van der Waals surface area (Å²) in [4.78, 5) is 16.9. The first-order chi connectivity index (χ1) is 13.0. The zero-order valence-corrected chi connectivity index (χ0v) is 16.4. The monoisotopic (exact) mass is 383 g/mol. The fourth-order valence-electron chi connectivity index (χ4n) is 2.70. The first-order valence-corrected chi connectivity index (χ1v) is 9.62. The molecule has 1 N–H and O–H groups in total. The van der Waals surface area contributed by atoms with Crippen LogP contribution in [0.4, 0.5) is 4.39 Å². The molecule has 0 aliphatic rings. The van der Waals surface area contributed by atoms with Crippen LogP contribution in [0.5, 0.6) is 0 Å². The van der Waals surface area contributed by atoms with Gasteiger partial charge in [0.2, 0.25) is 5.91 Å². The maximum atomic E-state index is 13.0. The van der Waals surface area contributed by atoms with Gasteiger partial charge in [0.05, 0.1) is 10.9 Å². The molecule has 1 atom stereocenters. The van der Waals surface area contributed by atoms with Crippen LogP contribution in [0, 0.1) is 19.7 Å². The lowest BCUT2D eigenvalue weighted by molar-refractivity contribution is -0.120. The maximum Gasteiger partial charge on any atom is 0.233 e. The van der Waals surface area contributed by atoms with Crippen molar-refractivity contribution in [3.63, 3.8) is 0 Å². The highest BCUT2D eigenvalue weighted by atomic mass is 32.2. The van der Waals surface area contributed by atoms with Gasteiger partial charge in [-0.1, -0.05) is 36.0 Å². The summed E-state index contributed by atoms with van der Waals surface area (Å²) >= 11 is 1.41. The number of hydrogen-bond donors (Lipinski definition) is 1. The predicted molar refractivity (Wildman–Crippen MR) is 107 cm³/mol. The molecule has 0 aliphatic heterocycles. The van der Waals surface area contributed by atoms with E-state index in [2.05, 4.69) is 30.2 Å². The first kappa shape index (κ1) is 19.2. The molecule has 3 aromatic rings. The number of nitrogens with one attached hydrogen (secondary N) is 1. The number of benzene rings is 2. The number of aryl methyl sites for hydroxylation is 1. The molecule has 6 heteroatoms. The third kappa shape index (κ3) is 4.57. The topological polar surface area (TPSA) is 46.9 Å². The minimum atomic E-state index is -0.309. The van der Waals surface area contributed by atoms with E-state index < -0.39 is 0 Å². The summed E-state index contributed by atoms with van der Waals surface area (Å²) in [7, 11) is 0. The second-order valence-electron chi connectivity index (χ2n) is 6.40. The number of nitrogens with zero attached hydrogens (tertiary/aromatic N) is 2. The maximum absolute atomic E-state index is 13.0. The van der Waals surface area contributed by atoms with Gasteiger partial charge in [0.1, 0.15) is 5.82 Å². The first-order valence-electron chi connectivity index (χ1n) is 8.74. The van der Waals surface area contributed by atoms with E-state index in [-0.39, 0.29) is 17.0 Å².